The fraction of sp³-hybridized carbons (Fsp3) is 0.429. The van der Waals surface area contributed by atoms with Gasteiger partial charge in [0.05, 0.1) is 5.02 Å². The smallest absolute Gasteiger partial charge is 0.131 e. The Bertz CT molecular complexity index is 1100. The quantitative estimate of drug-likeness (QED) is 0.427. The minimum absolute atomic E-state index is 0.119. The SMILES string of the molecule is Fc1cccc(Cl)c1COc1ccc2ccccc2c1CNC12CC3CC(CC(C3)C1)C2. The monoisotopic (exact) mass is 449 g/mol. The van der Waals surface area contributed by atoms with Crippen LogP contribution in [0.1, 0.15) is 49.7 Å². The number of nitrogens with one attached hydrogen (secondary N) is 1. The summed E-state index contributed by atoms with van der Waals surface area (Å²) >= 11 is 6.24. The lowest BCUT2D eigenvalue weighted by atomic mass is 9.53. The van der Waals surface area contributed by atoms with Gasteiger partial charge in [-0.25, -0.2) is 4.39 Å². The largest absolute Gasteiger partial charge is 0.488 e. The summed E-state index contributed by atoms with van der Waals surface area (Å²) in [4.78, 5) is 0. The standard InChI is InChI=1S/C28H29ClFNO/c29-25-6-3-7-26(30)24(25)17-32-27-9-8-21-4-1-2-5-22(21)23(27)16-31-28-13-18-10-19(14-28)12-20(11-18)15-28/h1-9,18-20,31H,10-17H2. The molecular weight excluding hydrogens is 421 g/mol. The van der Waals surface area contributed by atoms with Gasteiger partial charge in [0, 0.05) is 23.2 Å². The molecule has 2 nitrogen and oxygen atoms in total. The molecule has 166 valence electrons. The highest BCUT2D eigenvalue weighted by atomic mass is 35.5. The minimum atomic E-state index is -0.327. The Balaban J connectivity index is 1.29. The number of benzene rings is 3. The van der Waals surface area contributed by atoms with Crippen molar-refractivity contribution in [2.75, 3.05) is 0 Å². The maximum absolute atomic E-state index is 14.3. The van der Waals surface area contributed by atoms with Crippen molar-refractivity contribution in [2.45, 2.75) is 57.2 Å². The molecule has 32 heavy (non-hydrogen) atoms. The van der Waals surface area contributed by atoms with Crippen molar-refractivity contribution in [3.05, 3.63) is 76.6 Å². The van der Waals surface area contributed by atoms with Gasteiger partial charge < -0.3 is 10.1 Å². The first-order valence-electron chi connectivity index (χ1n) is 11.9. The van der Waals surface area contributed by atoms with Gasteiger partial charge in [-0.2, -0.15) is 0 Å². The van der Waals surface area contributed by atoms with Gasteiger partial charge in [0.2, 0.25) is 0 Å². The molecule has 4 aliphatic carbocycles. The minimum Gasteiger partial charge on any atom is -0.488 e. The van der Waals surface area contributed by atoms with Crippen molar-refractivity contribution in [2.24, 2.45) is 17.8 Å². The molecule has 4 saturated carbocycles. The summed E-state index contributed by atoms with van der Waals surface area (Å²) in [5.74, 6) is 3.19. The highest BCUT2D eigenvalue weighted by Gasteiger charge is 2.50. The molecule has 0 aromatic heterocycles. The molecule has 0 unspecified atom stereocenters. The Kier molecular flexibility index (Phi) is 5.15. The van der Waals surface area contributed by atoms with Gasteiger partial charge in [-0.05, 0) is 85.3 Å². The Morgan fingerprint density at radius 3 is 2.31 bits per heavy atom. The molecule has 4 aliphatic rings. The van der Waals surface area contributed by atoms with E-state index in [-0.39, 0.29) is 18.0 Å². The average molecular weight is 450 g/mol. The number of fused-ring (bicyclic) bond motifs is 1. The van der Waals surface area contributed by atoms with Crippen molar-refractivity contribution >= 4 is 22.4 Å². The molecule has 3 aromatic carbocycles. The Labute approximate surface area is 194 Å². The molecule has 7 rings (SSSR count). The second kappa shape index (κ2) is 8.04. The molecular formula is C28H29ClFNO. The number of halogens is 2. The van der Waals surface area contributed by atoms with E-state index >= 15 is 0 Å². The molecule has 0 spiro atoms. The van der Waals surface area contributed by atoms with Crippen molar-refractivity contribution in [3.63, 3.8) is 0 Å². The van der Waals surface area contributed by atoms with Crippen LogP contribution in [0.5, 0.6) is 5.75 Å². The fourth-order valence-electron chi connectivity index (χ4n) is 7.06. The highest BCUT2D eigenvalue weighted by Crippen LogP contribution is 2.55. The van der Waals surface area contributed by atoms with Crippen molar-refractivity contribution in [1.29, 1.82) is 0 Å². The van der Waals surface area contributed by atoms with Gasteiger partial charge in [0.1, 0.15) is 18.2 Å². The van der Waals surface area contributed by atoms with Gasteiger partial charge in [-0.15, -0.1) is 0 Å². The van der Waals surface area contributed by atoms with Crippen molar-refractivity contribution < 1.29 is 9.13 Å². The summed E-state index contributed by atoms with van der Waals surface area (Å²) in [6, 6.07) is 17.3. The predicted octanol–water partition coefficient (Wildman–Crippen LogP) is 7.27. The summed E-state index contributed by atoms with van der Waals surface area (Å²) in [7, 11) is 0. The van der Waals surface area contributed by atoms with E-state index in [2.05, 4.69) is 35.6 Å². The summed E-state index contributed by atoms with van der Waals surface area (Å²) in [5, 5.41) is 6.82. The summed E-state index contributed by atoms with van der Waals surface area (Å²) in [5.41, 5.74) is 1.84. The highest BCUT2D eigenvalue weighted by molar-refractivity contribution is 6.31. The van der Waals surface area contributed by atoms with E-state index in [1.54, 1.807) is 12.1 Å². The molecule has 3 aromatic rings. The van der Waals surface area contributed by atoms with Crippen LogP contribution in [0.3, 0.4) is 0 Å². The Morgan fingerprint density at radius 1 is 0.875 bits per heavy atom. The topological polar surface area (TPSA) is 21.3 Å². The molecule has 0 aliphatic heterocycles. The molecule has 4 bridgehead atoms. The average Bonchev–Trinajstić information content (AvgIpc) is 2.77. The van der Waals surface area contributed by atoms with Gasteiger partial charge in [-0.3, -0.25) is 0 Å². The van der Waals surface area contributed by atoms with E-state index in [4.69, 9.17) is 16.3 Å². The Hall–Kier alpha value is -2.10. The van der Waals surface area contributed by atoms with Crippen LogP contribution < -0.4 is 10.1 Å². The lowest BCUT2D eigenvalue weighted by Crippen LogP contribution is -2.58. The van der Waals surface area contributed by atoms with Gasteiger partial charge >= 0.3 is 0 Å². The van der Waals surface area contributed by atoms with Gasteiger partial charge in [0.15, 0.2) is 0 Å². The van der Waals surface area contributed by atoms with Gasteiger partial charge in [-0.1, -0.05) is 48.0 Å². The van der Waals surface area contributed by atoms with Crippen LogP contribution in [0, 0.1) is 23.6 Å². The number of hydrogen-bond acceptors (Lipinski definition) is 2. The fourth-order valence-corrected chi connectivity index (χ4v) is 7.27. The molecule has 1 N–H and O–H groups in total. The molecule has 0 heterocycles. The van der Waals surface area contributed by atoms with Crippen LogP contribution in [0.4, 0.5) is 4.39 Å². The summed E-state index contributed by atoms with van der Waals surface area (Å²) < 4.78 is 20.5. The lowest BCUT2D eigenvalue weighted by Gasteiger charge is -2.57. The van der Waals surface area contributed by atoms with E-state index in [1.165, 1.54) is 55.4 Å². The molecule has 4 fully saturated rings. The second-order valence-electron chi connectivity index (χ2n) is 10.3. The first-order valence-corrected chi connectivity index (χ1v) is 12.3. The molecule has 4 heteroatoms. The van der Waals surface area contributed by atoms with Crippen LogP contribution in [-0.2, 0) is 13.2 Å². The number of hydrogen-bond donors (Lipinski definition) is 1. The van der Waals surface area contributed by atoms with Crippen LogP contribution in [0.15, 0.2) is 54.6 Å². The third-order valence-corrected chi connectivity index (χ3v) is 8.46. The predicted molar refractivity (Wildman–Crippen MR) is 127 cm³/mol. The van der Waals surface area contributed by atoms with E-state index in [9.17, 15) is 4.39 Å². The van der Waals surface area contributed by atoms with E-state index < -0.39 is 0 Å². The summed E-state index contributed by atoms with van der Waals surface area (Å²) in [6.07, 6.45) is 8.24. The van der Waals surface area contributed by atoms with Crippen LogP contribution >= 0.6 is 11.6 Å². The number of rotatable bonds is 6. The van der Waals surface area contributed by atoms with Crippen LogP contribution in [-0.4, -0.2) is 5.54 Å². The zero-order chi connectivity index (χ0) is 21.7. The molecule has 0 saturated heterocycles. The second-order valence-corrected chi connectivity index (χ2v) is 10.7. The maximum atomic E-state index is 14.3. The summed E-state index contributed by atoms with van der Waals surface area (Å²) in [6.45, 7) is 0.891. The van der Waals surface area contributed by atoms with Crippen molar-refractivity contribution in [1.82, 2.24) is 5.32 Å². The third kappa shape index (κ3) is 3.70. The Morgan fingerprint density at radius 2 is 1.59 bits per heavy atom. The molecule has 0 radical (unpaired) electrons. The maximum Gasteiger partial charge on any atom is 0.131 e. The van der Waals surface area contributed by atoms with E-state index in [1.807, 2.05) is 6.07 Å². The normalized spacial score (nSPS) is 28.4. The first-order chi connectivity index (χ1) is 15.6. The third-order valence-electron chi connectivity index (χ3n) is 8.11. The zero-order valence-electron chi connectivity index (χ0n) is 18.2. The van der Waals surface area contributed by atoms with E-state index in [0.717, 1.165) is 35.6 Å². The molecule has 0 amide bonds. The van der Waals surface area contributed by atoms with E-state index in [0.29, 0.717) is 10.6 Å². The van der Waals surface area contributed by atoms with Crippen LogP contribution in [0.2, 0.25) is 5.02 Å². The zero-order valence-corrected chi connectivity index (χ0v) is 19.0. The first kappa shape index (κ1) is 20.5. The molecule has 0 atom stereocenters. The van der Waals surface area contributed by atoms with Crippen LogP contribution in [0.25, 0.3) is 10.8 Å². The van der Waals surface area contributed by atoms with Gasteiger partial charge in [0.25, 0.3) is 0 Å². The lowest BCUT2D eigenvalue weighted by molar-refractivity contribution is -0.0206. The number of ether oxygens (including phenoxy) is 1. The van der Waals surface area contributed by atoms with Crippen molar-refractivity contribution in [3.8, 4) is 5.75 Å².